The predicted molar refractivity (Wildman–Crippen MR) is 43.5 cm³/mol. The molecule has 0 aliphatic heterocycles. The van der Waals surface area contributed by atoms with Gasteiger partial charge >= 0.3 is 0 Å². The highest BCUT2D eigenvalue weighted by molar-refractivity contribution is 5.81. The summed E-state index contributed by atoms with van der Waals surface area (Å²) in [6.45, 7) is 4.16. The molecule has 2 atom stereocenters. The maximum absolute atomic E-state index is 11.2. The summed E-state index contributed by atoms with van der Waals surface area (Å²) in [7, 11) is 0. The second-order valence-electron chi connectivity index (χ2n) is 3.88. The molecule has 0 saturated heterocycles. The van der Waals surface area contributed by atoms with Crippen molar-refractivity contribution in [1.29, 1.82) is 0 Å². The van der Waals surface area contributed by atoms with Crippen molar-refractivity contribution in [2.45, 2.75) is 33.1 Å². The number of amides is 1. The molecule has 1 amide bonds. The van der Waals surface area contributed by atoms with Crippen molar-refractivity contribution < 1.29 is 4.79 Å². The van der Waals surface area contributed by atoms with Crippen molar-refractivity contribution >= 4 is 5.91 Å². The molecule has 64 valence electrons. The maximum atomic E-state index is 11.2. The van der Waals surface area contributed by atoms with E-state index in [9.17, 15) is 4.79 Å². The number of nitrogens with two attached hydrogens (primary N) is 1. The number of hydrogen-bond acceptors (Lipinski definition) is 2. The first-order valence-electron chi connectivity index (χ1n) is 4.09. The molecule has 0 bridgehead atoms. The molecule has 1 aliphatic carbocycles. The average Bonchev–Trinajstić information content (AvgIpc) is 2.31. The second-order valence-corrected chi connectivity index (χ2v) is 3.88. The molecular formula is C8H16N2O. The molecule has 3 N–H and O–H groups in total. The molecule has 0 heterocycles. The van der Waals surface area contributed by atoms with E-state index in [1.165, 1.54) is 0 Å². The van der Waals surface area contributed by atoms with Gasteiger partial charge in [-0.15, -0.1) is 0 Å². The summed E-state index contributed by atoms with van der Waals surface area (Å²) in [5.74, 6) is 5.73. The molecule has 1 saturated carbocycles. The van der Waals surface area contributed by atoms with E-state index in [4.69, 9.17) is 5.84 Å². The summed E-state index contributed by atoms with van der Waals surface area (Å²) in [5.41, 5.74) is 2.03. The first-order chi connectivity index (χ1) is 5.08. The molecule has 1 aliphatic rings. The molecule has 3 nitrogen and oxygen atoms in total. The summed E-state index contributed by atoms with van der Waals surface area (Å²) in [4.78, 5) is 11.2. The molecule has 1 fully saturated rings. The van der Waals surface area contributed by atoms with Crippen LogP contribution in [0.15, 0.2) is 0 Å². The molecule has 0 aromatic heterocycles. The fraction of sp³-hybridized carbons (Fsp3) is 0.875. The van der Waals surface area contributed by atoms with Gasteiger partial charge in [-0.25, -0.2) is 5.84 Å². The van der Waals surface area contributed by atoms with Crippen molar-refractivity contribution in [3.05, 3.63) is 0 Å². The van der Waals surface area contributed by atoms with Gasteiger partial charge in [0, 0.05) is 5.41 Å². The highest BCUT2D eigenvalue weighted by Crippen LogP contribution is 2.40. The molecular weight excluding hydrogens is 140 g/mol. The number of carbonyl (C=O) groups excluding carboxylic acids is 1. The quantitative estimate of drug-likeness (QED) is 0.335. The zero-order chi connectivity index (χ0) is 8.48. The molecule has 1 rings (SSSR count). The lowest BCUT2D eigenvalue weighted by atomic mass is 9.87. The maximum Gasteiger partial charge on any atom is 0.239 e. The highest BCUT2D eigenvalue weighted by atomic mass is 16.2. The van der Waals surface area contributed by atoms with E-state index in [-0.39, 0.29) is 11.3 Å². The van der Waals surface area contributed by atoms with Gasteiger partial charge < -0.3 is 0 Å². The van der Waals surface area contributed by atoms with Crippen molar-refractivity contribution in [2.75, 3.05) is 0 Å². The molecule has 0 aromatic carbocycles. The third-order valence-corrected chi connectivity index (χ3v) is 2.67. The number of rotatable bonds is 1. The smallest absolute Gasteiger partial charge is 0.239 e. The van der Waals surface area contributed by atoms with Gasteiger partial charge in [0.1, 0.15) is 0 Å². The topological polar surface area (TPSA) is 55.1 Å². The molecule has 0 aromatic rings. The Morgan fingerprint density at radius 1 is 1.73 bits per heavy atom. The Kier molecular flexibility index (Phi) is 2.18. The van der Waals surface area contributed by atoms with Crippen LogP contribution in [0.5, 0.6) is 0 Å². The largest absolute Gasteiger partial charge is 0.294 e. The van der Waals surface area contributed by atoms with Gasteiger partial charge in [-0.3, -0.25) is 10.2 Å². The fourth-order valence-corrected chi connectivity index (χ4v) is 1.92. The van der Waals surface area contributed by atoms with Gasteiger partial charge in [-0.1, -0.05) is 13.8 Å². The third kappa shape index (κ3) is 1.53. The van der Waals surface area contributed by atoms with Crippen LogP contribution in [0.2, 0.25) is 0 Å². The zero-order valence-corrected chi connectivity index (χ0v) is 7.18. The summed E-state index contributed by atoms with van der Waals surface area (Å²) in [6.07, 6.45) is 3.08. The normalized spacial score (nSPS) is 37.2. The van der Waals surface area contributed by atoms with Crippen LogP contribution in [-0.4, -0.2) is 5.91 Å². The number of carbonyl (C=O) groups is 1. The van der Waals surface area contributed by atoms with Crippen LogP contribution in [0.3, 0.4) is 0 Å². The Morgan fingerprint density at radius 3 is 2.73 bits per heavy atom. The van der Waals surface area contributed by atoms with E-state index < -0.39 is 0 Å². The van der Waals surface area contributed by atoms with E-state index in [0.717, 1.165) is 19.3 Å². The third-order valence-electron chi connectivity index (χ3n) is 2.67. The lowest BCUT2D eigenvalue weighted by Gasteiger charge is -2.20. The summed E-state index contributed by atoms with van der Waals surface area (Å²) >= 11 is 0. The van der Waals surface area contributed by atoms with E-state index in [1.807, 2.05) is 6.92 Å². The van der Waals surface area contributed by atoms with Gasteiger partial charge in [0.2, 0.25) is 5.91 Å². The van der Waals surface area contributed by atoms with Crippen LogP contribution in [0.25, 0.3) is 0 Å². The Morgan fingerprint density at radius 2 is 2.36 bits per heavy atom. The van der Waals surface area contributed by atoms with Crippen LogP contribution >= 0.6 is 0 Å². The molecule has 0 unspecified atom stereocenters. The van der Waals surface area contributed by atoms with Crippen molar-refractivity contribution in [1.82, 2.24) is 5.43 Å². The van der Waals surface area contributed by atoms with Crippen molar-refractivity contribution in [3.8, 4) is 0 Å². The van der Waals surface area contributed by atoms with Gasteiger partial charge in [0.05, 0.1) is 0 Å². The van der Waals surface area contributed by atoms with Crippen LogP contribution in [0.1, 0.15) is 33.1 Å². The van der Waals surface area contributed by atoms with Crippen LogP contribution < -0.4 is 11.3 Å². The van der Waals surface area contributed by atoms with E-state index in [1.54, 1.807) is 0 Å². The van der Waals surface area contributed by atoms with Crippen molar-refractivity contribution in [3.63, 3.8) is 0 Å². The van der Waals surface area contributed by atoms with E-state index in [2.05, 4.69) is 12.3 Å². The number of hydrazine groups is 1. The summed E-state index contributed by atoms with van der Waals surface area (Å²) in [5, 5.41) is 0. The molecule has 0 radical (unpaired) electrons. The Hall–Kier alpha value is -0.570. The van der Waals surface area contributed by atoms with Crippen LogP contribution in [-0.2, 0) is 4.79 Å². The molecule has 0 spiro atoms. The second kappa shape index (κ2) is 2.81. The standard InChI is InChI=1S/C8H16N2O/c1-6-3-4-8(2,5-6)7(11)10-9/h6H,3-5,9H2,1-2H3,(H,10,11)/t6-,8-/m0/s1. The van der Waals surface area contributed by atoms with E-state index >= 15 is 0 Å². The predicted octanol–water partition coefficient (Wildman–Crippen LogP) is 0.803. The minimum atomic E-state index is -0.200. The minimum Gasteiger partial charge on any atom is -0.294 e. The first kappa shape index (κ1) is 8.53. The Balaban J connectivity index is 2.61. The highest BCUT2D eigenvalue weighted by Gasteiger charge is 2.38. The Labute approximate surface area is 67.3 Å². The molecule has 3 heteroatoms. The van der Waals surface area contributed by atoms with Gasteiger partial charge in [0.15, 0.2) is 0 Å². The SMILES string of the molecule is C[C@H]1CC[C@](C)(C(=O)NN)C1. The first-order valence-corrected chi connectivity index (χ1v) is 4.09. The lowest BCUT2D eigenvalue weighted by Crippen LogP contribution is -2.41. The van der Waals surface area contributed by atoms with Crippen molar-refractivity contribution in [2.24, 2.45) is 17.2 Å². The Bertz CT molecular complexity index is 169. The average molecular weight is 156 g/mol. The number of nitrogens with one attached hydrogen (secondary N) is 1. The van der Waals surface area contributed by atoms with Gasteiger partial charge in [-0.2, -0.15) is 0 Å². The summed E-state index contributed by atoms with van der Waals surface area (Å²) < 4.78 is 0. The molecule has 11 heavy (non-hydrogen) atoms. The van der Waals surface area contributed by atoms with Crippen LogP contribution in [0, 0.1) is 11.3 Å². The monoisotopic (exact) mass is 156 g/mol. The lowest BCUT2D eigenvalue weighted by molar-refractivity contribution is -0.130. The van der Waals surface area contributed by atoms with E-state index in [0.29, 0.717) is 5.92 Å². The fourth-order valence-electron chi connectivity index (χ4n) is 1.92. The van der Waals surface area contributed by atoms with Crippen LogP contribution in [0.4, 0.5) is 0 Å². The summed E-state index contributed by atoms with van der Waals surface area (Å²) in [6, 6.07) is 0. The number of hydrogen-bond donors (Lipinski definition) is 2. The zero-order valence-electron chi connectivity index (χ0n) is 7.18. The van der Waals surface area contributed by atoms with Gasteiger partial charge in [0.25, 0.3) is 0 Å². The van der Waals surface area contributed by atoms with Gasteiger partial charge in [-0.05, 0) is 25.2 Å². The minimum absolute atomic E-state index is 0.0122.